The van der Waals surface area contributed by atoms with Crippen LogP contribution in [0.3, 0.4) is 0 Å². The average Bonchev–Trinajstić information content (AvgIpc) is 2.79. The molecule has 2 aliphatic heterocycles. The number of hydrogen-bond acceptors (Lipinski definition) is 5. The van der Waals surface area contributed by atoms with Crippen molar-refractivity contribution < 1.29 is 4.92 Å². The van der Waals surface area contributed by atoms with E-state index in [0.29, 0.717) is 18.3 Å². The highest BCUT2D eigenvalue weighted by Crippen LogP contribution is 2.27. The van der Waals surface area contributed by atoms with Crippen molar-refractivity contribution in [2.45, 2.75) is 31.8 Å². The van der Waals surface area contributed by atoms with Crippen LogP contribution in [0.5, 0.6) is 0 Å². The summed E-state index contributed by atoms with van der Waals surface area (Å²) in [5.74, 6) is 0. The van der Waals surface area contributed by atoms with Gasteiger partial charge in [0.1, 0.15) is 5.69 Å². The minimum atomic E-state index is -0.403. The van der Waals surface area contributed by atoms with Crippen molar-refractivity contribution in [1.82, 2.24) is 9.80 Å². The van der Waals surface area contributed by atoms with Gasteiger partial charge < -0.3 is 5.73 Å². The van der Waals surface area contributed by atoms with Crippen molar-refractivity contribution in [3.63, 3.8) is 0 Å². The van der Waals surface area contributed by atoms with Crippen molar-refractivity contribution in [3.8, 4) is 0 Å². The Morgan fingerprint density at radius 2 is 2.10 bits per heavy atom. The van der Waals surface area contributed by atoms with Gasteiger partial charge in [0.2, 0.25) is 0 Å². The molecule has 2 saturated heterocycles. The van der Waals surface area contributed by atoms with Crippen molar-refractivity contribution in [2.24, 2.45) is 0 Å². The largest absolute Gasteiger partial charge is 0.393 e. The molecule has 0 radical (unpaired) electrons. The number of nitrogen functional groups attached to an aromatic ring is 1. The lowest BCUT2D eigenvalue weighted by Gasteiger charge is -2.25. The average molecular weight is 290 g/mol. The van der Waals surface area contributed by atoms with Gasteiger partial charge in [0.25, 0.3) is 5.69 Å². The summed E-state index contributed by atoms with van der Waals surface area (Å²) in [6.45, 7) is 5.18. The number of nitrogens with two attached hydrogens (primary N) is 1. The van der Waals surface area contributed by atoms with Crippen LogP contribution in [0.1, 0.15) is 24.8 Å². The van der Waals surface area contributed by atoms with E-state index in [1.54, 1.807) is 6.07 Å². The third kappa shape index (κ3) is 3.01. The Kier molecular flexibility index (Phi) is 4.07. The molecule has 0 saturated carbocycles. The van der Waals surface area contributed by atoms with Crippen molar-refractivity contribution in [1.29, 1.82) is 0 Å². The second-order valence-electron chi connectivity index (χ2n) is 6.03. The number of para-hydroxylation sites is 1. The number of benzene rings is 1. The summed E-state index contributed by atoms with van der Waals surface area (Å²) >= 11 is 0. The van der Waals surface area contributed by atoms with E-state index in [9.17, 15) is 10.1 Å². The lowest BCUT2D eigenvalue weighted by molar-refractivity contribution is -0.384. The Hall–Kier alpha value is -1.66. The first-order chi connectivity index (χ1) is 10.1. The normalized spacial score (nSPS) is 23.7. The van der Waals surface area contributed by atoms with E-state index in [2.05, 4.69) is 9.80 Å². The zero-order valence-electron chi connectivity index (χ0n) is 12.2. The summed E-state index contributed by atoms with van der Waals surface area (Å²) in [6.07, 6.45) is 3.71. The molecule has 0 bridgehead atoms. The van der Waals surface area contributed by atoms with Crippen LogP contribution < -0.4 is 5.73 Å². The highest BCUT2D eigenvalue weighted by atomic mass is 16.6. The summed E-state index contributed by atoms with van der Waals surface area (Å²) in [6, 6.07) is 5.75. The fourth-order valence-electron chi connectivity index (χ4n) is 3.56. The van der Waals surface area contributed by atoms with E-state index >= 15 is 0 Å². The molecule has 2 N–H and O–H groups in total. The molecule has 1 aromatic carbocycles. The first-order valence-corrected chi connectivity index (χ1v) is 7.63. The highest BCUT2D eigenvalue weighted by molar-refractivity contribution is 5.62. The van der Waals surface area contributed by atoms with Crippen LogP contribution in [-0.4, -0.2) is 46.9 Å². The van der Waals surface area contributed by atoms with Gasteiger partial charge in [-0.05, 0) is 44.5 Å². The molecule has 2 fully saturated rings. The molecule has 0 aromatic heterocycles. The Morgan fingerprint density at radius 3 is 2.90 bits per heavy atom. The maximum Gasteiger partial charge on any atom is 0.292 e. The maximum absolute atomic E-state index is 11.0. The van der Waals surface area contributed by atoms with Gasteiger partial charge in [-0.25, -0.2) is 0 Å². The number of nitrogens with zero attached hydrogens (tertiary/aromatic N) is 3. The molecule has 1 atom stereocenters. The van der Waals surface area contributed by atoms with Gasteiger partial charge in [-0.3, -0.25) is 19.9 Å². The second-order valence-corrected chi connectivity index (χ2v) is 6.03. The summed E-state index contributed by atoms with van der Waals surface area (Å²) in [7, 11) is 0. The molecule has 21 heavy (non-hydrogen) atoms. The van der Waals surface area contributed by atoms with Gasteiger partial charge in [-0.2, -0.15) is 0 Å². The SMILES string of the molecule is Nc1c(CN2CCCN3CCCC3C2)cccc1[N+](=O)[O-]. The first-order valence-electron chi connectivity index (χ1n) is 7.63. The lowest BCUT2D eigenvalue weighted by atomic mass is 10.1. The topological polar surface area (TPSA) is 75.6 Å². The minimum absolute atomic E-state index is 0.0183. The molecule has 114 valence electrons. The van der Waals surface area contributed by atoms with Crippen LogP contribution in [0.2, 0.25) is 0 Å². The molecule has 1 unspecified atom stereocenters. The molecule has 6 heteroatoms. The Bertz CT molecular complexity index is 534. The third-order valence-electron chi connectivity index (χ3n) is 4.65. The molecule has 0 amide bonds. The molecule has 3 rings (SSSR count). The predicted molar refractivity (Wildman–Crippen MR) is 82.0 cm³/mol. The van der Waals surface area contributed by atoms with Crippen LogP contribution in [0.15, 0.2) is 18.2 Å². The van der Waals surface area contributed by atoms with Crippen LogP contribution in [0, 0.1) is 10.1 Å². The van der Waals surface area contributed by atoms with E-state index in [1.165, 1.54) is 32.0 Å². The van der Waals surface area contributed by atoms with Gasteiger partial charge >= 0.3 is 0 Å². The number of hydrogen-bond donors (Lipinski definition) is 1. The number of anilines is 1. The van der Waals surface area contributed by atoms with Crippen LogP contribution >= 0.6 is 0 Å². The highest BCUT2D eigenvalue weighted by Gasteiger charge is 2.29. The zero-order chi connectivity index (χ0) is 14.8. The Morgan fingerprint density at radius 1 is 1.29 bits per heavy atom. The van der Waals surface area contributed by atoms with Crippen LogP contribution in [-0.2, 0) is 6.54 Å². The fraction of sp³-hybridized carbons (Fsp3) is 0.600. The number of fused-ring (bicyclic) bond motifs is 1. The van der Waals surface area contributed by atoms with Crippen LogP contribution in [0.25, 0.3) is 0 Å². The maximum atomic E-state index is 11.0. The van der Waals surface area contributed by atoms with Crippen molar-refractivity contribution >= 4 is 11.4 Å². The summed E-state index contributed by atoms with van der Waals surface area (Å²) < 4.78 is 0. The van der Waals surface area contributed by atoms with Gasteiger partial charge in [0, 0.05) is 25.2 Å². The predicted octanol–water partition coefficient (Wildman–Crippen LogP) is 1.85. The van der Waals surface area contributed by atoms with E-state index in [-0.39, 0.29) is 5.69 Å². The monoisotopic (exact) mass is 290 g/mol. The van der Waals surface area contributed by atoms with Gasteiger partial charge in [0.05, 0.1) is 4.92 Å². The number of rotatable bonds is 3. The second kappa shape index (κ2) is 5.99. The molecule has 1 aromatic rings. The first kappa shape index (κ1) is 14.3. The third-order valence-corrected chi connectivity index (χ3v) is 4.65. The van der Waals surface area contributed by atoms with Gasteiger partial charge in [0.15, 0.2) is 0 Å². The smallest absolute Gasteiger partial charge is 0.292 e. The molecular formula is C15H22N4O2. The number of nitro groups is 1. The molecular weight excluding hydrogens is 268 g/mol. The lowest BCUT2D eigenvalue weighted by Crippen LogP contribution is -2.36. The molecule has 6 nitrogen and oxygen atoms in total. The standard InChI is InChI=1S/C15H22N4O2/c16-15-12(4-1-6-14(15)19(20)21)10-17-7-3-9-18-8-2-5-13(18)11-17/h1,4,6,13H,2-3,5,7-11,16H2. The fourth-order valence-corrected chi connectivity index (χ4v) is 3.56. The van der Waals surface area contributed by atoms with Gasteiger partial charge in [-0.15, -0.1) is 0 Å². The Balaban J connectivity index is 1.74. The van der Waals surface area contributed by atoms with Crippen molar-refractivity contribution in [3.05, 3.63) is 33.9 Å². The van der Waals surface area contributed by atoms with E-state index in [1.807, 2.05) is 6.07 Å². The van der Waals surface area contributed by atoms with Crippen molar-refractivity contribution in [2.75, 3.05) is 31.9 Å². The number of nitro benzene ring substituents is 1. The molecule has 0 spiro atoms. The summed E-state index contributed by atoms with van der Waals surface area (Å²) in [4.78, 5) is 15.5. The van der Waals surface area contributed by atoms with Gasteiger partial charge in [-0.1, -0.05) is 12.1 Å². The van der Waals surface area contributed by atoms with Crippen LogP contribution in [0.4, 0.5) is 11.4 Å². The minimum Gasteiger partial charge on any atom is -0.393 e. The summed E-state index contributed by atoms with van der Waals surface area (Å²) in [5, 5.41) is 11.0. The molecule has 0 aliphatic carbocycles. The van der Waals surface area contributed by atoms with E-state index in [0.717, 1.165) is 25.1 Å². The zero-order valence-corrected chi connectivity index (χ0v) is 12.2. The van der Waals surface area contributed by atoms with E-state index in [4.69, 9.17) is 5.73 Å². The molecule has 2 aliphatic rings. The quantitative estimate of drug-likeness (QED) is 0.522. The van der Waals surface area contributed by atoms with E-state index < -0.39 is 4.92 Å². The molecule has 2 heterocycles. The Labute approximate surface area is 124 Å². The summed E-state index contributed by atoms with van der Waals surface area (Å²) in [5.41, 5.74) is 7.17.